The van der Waals surface area contributed by atoms with Gasteiger partial charge in [0, 0.05) is 37.1 Å². The maximum atomic E-state index is 13.4. The second-order valence-electron chi connectivity index (χ2n) is 9.47. The summed E-state index contributed by atoms with van der Waals surface area (Å²) in [5, 5.41) is 6.27. The third-order valence-corrected chi connectivity index (χ3v) is 8.27. The lowest BCUT2D eigenvalue weighted by atomic mass is 9.99. The molecule has 2 unspecified atom stereocenters. The first-order chi connectivity index (χ1) is 19.0. The van der Waals surface area contributed by atoms with Crippen molar-refractivity contribution in [1.82, 2.24) is 25.5 Å². The van der Waals surface area contributed by atoms with E-state index < -0.39 is 11.3 Å². The lowest BCUT2D eigenvalue weighted by molar-refractivity contribution is -0.129. The van der Waals surface area contributed by atoms with E-state index in [4.69, 9.17) is 4.74 Å². The Bertz CT molecular complexity index is 1430. The first-order valence-electron chi connectivity index (χ1n) is 12.7. The van der Waals surface area contributed by atoms with Crippen molar-refractivity contribution < 1.29 is 19.1 Å². The number of ether oxygens (including phenoxy) is 1. The van der Waals surface area contributed by atoms with Gasteiger partial charge in [0.05, 0.1) is 23.6 Å². The van der Waals surface area contributed by atoms with E-state index in [-0.39, 0.29) is 23.9 Å². The molecule has 0 spiro atoms. The number of likely N-dealkylation sites (tertiary alicyclic amines) is 1. The van der Waals surface area contributed by atoms with Gasteiger partial charge in [-0.25, -0.2) is 9.78 Å². The van der Waals surface area contributed by atoms with Crippen LogP contribution in [0, 0.1) is 0 Å². The van der Waals surface area contributed by atoms with Gasteiger partial charge in [-0.15, -0.1) is 0 Å². The second-order valence-corrected chi connectivity index (χ2v) is 10.6. The molecule has 198 valence electrons. The van der Waals surface area contributed by atoms with E-state index in [1.165, 1.54) is 17.8 Å². The molecule has 3 aromatic rings. The molecular weight excluding hydrogens is 516 g/mol. The maximum absolute atomic E-state index is 13.4. The zero-order chi connectivity index (χ0) is 26.9. The third-order valence-electron chi connectivity index (χ3n) is 6.98. The van der Waals surface area contributed by atoms with Crippen molar-refractivity contribution in [2.45, 2.75) is 35.2 Å². The van der Waals surface area contributed by atoms with Gasteiger partial charge < -0.3 is 20.3 Å². The maximum Gasteiger partial charge on any atom is 0.327 e. The molecule has 3 aliphatic heterocycles. The molecule has 2 aromatic heterocycles. The Morgan fingerprint density at radius 3 is 2.77 bits per heavy atom. The van der Waals surface area contributed by atoms with E-state index >= 15 is 0 Å². The molecule has 39 heavy (non-hydrogen) atoms. The van der Waals surface area contributed by atoms with Gasteiger partial charge in [-0.05, 0) is 61.4 Å². The standard InChI is InChI=1S/C28H26N6O4S/c1-2-22(35)33-14-4-5-17(16-33)31-26(36)25-24-23-21(11-13-30-27(23)39-25)34(28(37)32-24)18-7-9-19(10-8-18)38-20-6-3-12-29-15-20/h2-3,6-13,15,17,24-25H,1,4-5,14,16H2,(H,31,36)(H,32,37)/t17?,24?,25-/m1/s1. The molecule has 1 saturated heterocycles. The van der Waals surface area contributed by atoms with E-state index in [0.717, 1.165) is 18.4 Å². The number of nitrogens with one attached hydrogen (secondary N) is 2. The Hall–Kier alpha value is -4.38. The summed E-state index contributed by atoms with van der Waals surface area (Å²) in [4.78, 5) is 50.7. The van der Waals surface area contributed by atoms with Gasteiger partial charge >= 0.3 is 6.03 Å². The number of benzene rings is 1. The number of anilines is 2. The van der Waals surface area contributed by atoms with Crippen molar-refractivity contribution in [2.75, 3.05) is 18.0 Å². The van der Waals surface area contributed by atoms with Gasteiger partial charge in [-0.1, -0.05) is 18.3 Å². The smallest absolute Gasteiger partial charge is 0.327 e. The quantitative estimate of drug-likeness (QED) is 0.453. The molecule has 0 aliphatic carbocycles. The molecule has 11 heteroatoms. The first-order valence-corrected chi connectivity index (χ1v) is 13.6. The van der Waals surface area contributed by atoms with Crippen molar-refractivity contribution in [3.63, 3.8) is 0 Å². The van der Waals surface area contributed by atoms with Gasteiger partial charge in [0.15, 0.2) is 0 Å². The molecule has 1 fully saturated rings. The zero-order valence-corrected chi connectivity index (χ0v) is 21.8. The summed E-state index contributed by atoms with van der Waals surface area (Å²) in [5.74, 6) is 0.912. The van der Waals surface area contributed by atoms with Crippen LogP contribution in [0.15, 0.2) is 78.7 Å². The molecule has 6 rings (SSSR count). The highest BCUT2D eigenvalue weighted by molar-refractivity contribution is 8.01. The molecule has 3 aliphatic rings. The highest BCUT2D eigenvalue weighted by atomic mass is 32.2. The molecule has 3 atom stereocenters. The minimum atomic E-state index is -0.569. The SMILES string of the molecule is C=CC(=O)N1CCCC(NC(=O)[C@@H]2Sc3nccc4c3C2NC(=O)N4c2ccc(Oc3cccnc3)cc2)C1. The number of urea groups is 1. The molecule has 4 amide bonds. The van der Waals surface area contributed by atoms with Crippen LogP contribution in [0.3, 0.4) is 0 Å². The van der Waals surface area contributed by atoms with E-state index in [0.29, 0.717) is 41.0 Å². The summed E-state index contributed by atoms with van der Waals surface area (Å²) in [6, 6.07) is 11.6. The van der Waals surface area contributed by atoms with Crippen molar-refractivity contribution in [2.24, 2.45) is 0 Å². The van der Waals surface area contributed by atoms with E-state index in [1.807, 2.05) is 18.2 Å². The average Bonchev–Trinajstić information content (AvgIpc) is 3.33. The van der Waals surface area contributed by atoms with Crippen LogP contribution in [0.1, 0.15) is 24.4 Å². The van der Waals surface area contributed by atoms with Crippen molar-refractivity contribution >= 4 is 41.0 Å². The van der Waals surface area contributed by atoms with Crippen LogP contribution < -0.4 is 20.3 Å². The van der Waals surface area contributed by atoms with Crippen molar-refractivity contribution in [3.8, 4) is 11.5 Å². The summed E-state index contributed by atoms with van der Waals surface area (Å²) >= 11 is 1.35. The topological polar surface area (TPSA) is 117 Å². The Kier molecular flexibility index (Phi) is 6.65. The second kappa shape index (κ2) is 10.4. The number of hydrogen-bond acceptors (Lipinski definition) is 7. The Balaban J connectivity index is 1.20. The van der Waals surface area contributed by atoms with E-state index in [1.54, 1.807) is 52.7 Å². The number of hydrogen-bond donors (Lipinski definition) is 2. The molecule has 0 saturated carbocycles. The van der Waals surface area contributed by atoms with Gasteiger partial charge in [0.2, 0.25) is 11.8 Å². The summed E-state index contributed by atoms with van der Waals surface area (Å²) in [5.41, 5.74) is 2.17. The van der Waals surface area contributed by atoms with Gasteiger partial charge in [0.25, 0.3) is 0 Å². The number of thioether (sulfide) groups is 1. The summed E-state index contributed by atoms with van der Waals surface area (Å²) < 4.78 is 5.83. The number of rotatable bonds is 6. The Morgan fingerprint density at radius 1 is 1.15 bits per heavy atom. The van der Waals surface area contributed by atoms with Crippen LogP contribution in [0.4, 0.5) is 16.2 Å². The molecule has 10 nitrogen and oxygen atoms in total. The number of nitrogens with zero attached hydrogens (tertiary/aromatic N) is 4. The number of carbonyl (C=O) groups excluding carboxylic acids is 3. The monoisotopic (exact) mass is 542 g/mol. The van der Waals surface area contributed by atoms with E-state index in [2.05, 4.69) is 27.2 Å². The molecule has 0 radical (unpaired) electrons. The van der Waals surface area contributed by atoms with Gasteiger partial charge in [0.1, 0.15) is 21.8 Å². The largest absolute Gasteiger partial charge is 0.456 e. The highest BCUT2D eigenvalue weighted by Gasteiger charge is 2.47. The van der Waals surface area contributed by atoms with Crippen LogP contribution in [0.25, 0.3) is 0 Å². The lowest BCUT2D eigenvalue weighted by Crippen LogP contribution is -2.53. The fourth-order valence-electron chi connectivity index (χ4n) is 5.20. The van der Waals surface area contributed by atoms with Crippen molar-refractivity contribution in [3.05, 3.63) is 79.3 Å². The Morgan fingerprint density at radius 2 is 2.00 bits per heavy atom. The highest BCUT2D eigenvalue weighted by Crippen LogP contribution is 2.50. The van der Waals surface area contributed by atoms with Crippen LogP contribution in [0.5, 0.6) is 11.5 Å². The molecule has 5 heterocycles. The number of carbonyl (C=O) groups is 3. The predicted octanol–water partition coefficient (Wildman–Crippen LogP) is 3.94. The average molecular weight is 543 g/mol. The van der Waals surface area contributed by atoms with Crippen molar-refractivity contribution in [1.29, 1.82) is 0 Å². The predicted molar refractivity (Wildman–Crippen MR) is 146 cm³/mol. The summed E-state index contributed by atoms with van der Waals surface area (Å²) in [7, 11) is 0. The Labute approximate surface area is 229 Å². The first kappa shape index (κ1) is 24.9. The number of piperidine rings is 1. The van der Waals surface area contributed by atoms with Crippen LogP contribution in [-0.4, -0.2) is 57.1 Å². The fraction of sp³-hybridized carbons (Fsp3) is 0.250. The normalized spacial score (nSPS) is 21.5. The van der Waals surface area contributed by atoms with E-state index in [9.17, 15) is 14.4 Å². The minimum Gasteiger partial charge on any atom is -0.456 e. The zero-order valence-electron chi connectivity index (χ0n) is 20.9. The molecular formula is C28H26N6O4S. The summed E-state index contributed by atoms with van der Waals surface area (Å²) in [6.45, 7) is 4.65. The number of pyridine rings is 2. The summed E-state index contributed by atoms with van der Waals surface area (Å²) in [6.07, 6.45) is 7.84. The minimum absolute atomic E-state index is 0.137. The van der Waals surface area contributed by atoms with Crippen LogP contribution in [0.2, 0.25) is 0 Å². The van der Waals surface area contributed by atoms with Crippen LogP contribution in [-0.2, 0) is 9.59 Å². The lowest BCUT2D eigenvalue weighted by Gasteiger charge is -2.35. The molecule has 0 bridgehead atoms. The number of aromatic nitrogens is 2. The van der Waals surface area contributed by atoms with Gasteiger partial charge in [-0.3, -0.25) is 19.5 Å². The fourth-order valence-corrected chi connectivity index (χ4v) is 6.43. The molecule has 1 aromatic carbocycles. The molecule has 2 N–H and O–H groups in total. The third kappa shape index (κ3) is 4.81. The van der Waals surface area contributed by atoms with Gasteiger partial charge in [-0.2, -0.15) is 0 Å². The van der Waals surface area contributed by atoms with Crippen LogP contribution >= 0.6 is 11.8 Å². The number of amides is 4.